The molecular formula is C15H15BrClF3O. The van der Waals surface area contributed by atoms with Gasteiger partial charge in [0, 0.05) is 21.8 Å². The van der Waals surface area contributed by atoms with Crippen LogP contribution in [0.5, 0.6) is 0 Å². The number of alkyl halides is 3. The van der Waals surface area contributed by atoms with Crippen molar-refractivity contribution < 1.29 is 18.0 Å². The van der Waals surface area contributed by atoms with Crippen LogP contribution in [0.3, 0.4) is 0 Å². The van der Waals surface area contributed by atoms with Crippen LogP contribution in [0.2, 0.25) is 5.02 Å². The predicted molar refractivity (Wildman–Crippen MR) is 79.4 cm³/mol. The van der Waals surface area contributed by atoms with E-state index in [1.807, 2.05) is 0 Å². The number of hydrogen-bond donors (Lipinski definition) is 0. The quantitative estimate of drug-likeness (QED) is 0.665. The standard InChI is InChI=1S/C15H15BrClF3O/c16-12-5-4-9(13(17)8-12)7-14(21)10-2-1-3-11(6-10)15(18,19)20/h4-5,8,10-11H,1-3,6-7H2. The lowest BCUT2D eigenvalue weighted by Gasteiger charge is -2.29. The van der Waals surface area contributed by atoms with E-state index >= 15 is 0 Å². The molecule has 1 aliphatic carbocycles. The van der Waals surface area contributed by atoms with Gasteiger partial charge in [0.2, 0.25) is 0 Å². The molecule has 2 rings (SSSR count). The van der Waals surface area contributed by atoms with E-state index in [9.17, 15) is 18.0 Å². The zero-order chi connectivity index (χ0) is 15.6. The lowest BCUT2D eigenvalue weighted by molar-refractivity contribution is -0.186. The Bertz CT molecular complexity index is 530. The Kier molecular flexibility index (Phi) is 5.36. The van der Waals surface area contributed by atoms with Crippen molar-refractivity contribution in [3.05, 3.63) is 33.3 Å². The summed E-state index contributed by atoms with van der Waals surface area (Å²) >= 11 is 9.33. The largest absolute Gasteiger partial charge is 0.391 e. The molecular weight excluding hydrogens is 369 g/mol. The average Bonchev–Trinajstić information content (AvgIpc) is 2.41. The zero-order valence-electron chi connectivity index (χ0n) is 11.2. The van der Waals surface area contributed by atoms with Crippen molar-refractivity contribution in [1.82, 2.24) is 0 Å². The third-order valence-electron chi connectivity index (χ3n) is 3.97. The van der Waals surface area contributed by atoms with Gasteiger partial charge in [-0.05, 0) is 37.0 Å². The summed E-state index contributed by atoms with van der Waals surface area (Å²) in [7, 11) is 0. The van der Waals surface area contributed by atoms with Crippen molar-refractivity contribution in [3.8, 4) is 0 Å². The van der Waals surface area contributed by atoms with Gasteiger partial charge in [-0.3, -0.25) is 4.79 Å². The van der Waals surface area contributed by atoms with Crippen LogP contribution in [0.25, 0.3) is 0 Å². The summed E-state index contributed by atoms with van der Waals surface area (Å²) in [6.45, 7) is 0. The molecule has 1 fully saturated rings. The summed E-state index contributed by atoms with van der Waals surface area (Å²) in [5, 5.41) is 0.459. The molecule has 0 N–H and O–H groups in total. The van der Waals surface area contributed by atoms with Crippen LogP contribution < -0.4 is 0 Å². The van der Waals surface area contributed by atoms with Gasteiger partial charge in [0.1, 0.15) is 5.78 Å². The van der Waals surface area contributed by atoms with Gasteiger partial charge in [0.25, 0.3) is 0 Å². The average molecular weight is 384 g/mol. The van der Waals surface area contributed by atoms with Crippen molar-refractivity contribution in [2.75, 3.05) is 0 Å². The topological polar surface area (TPSA) is 17.1 Å². The molecule has 0 amide bonds. The molecule has 1 aromatic carbocycles. The van der Waals surface area contributed by atoms with Gasteiger partial charge in [0.05, 0.1) is 5.92 Å². The summed E-state index contributed by atoms with van der Waals surface area (Å²) in [5.41, 5.74) is 0.666. The minimum Gasteiger partial charge on any atom is -0.299 e. The Morgan fingerprint density at radius 1 is 1.33 bits per heavy atom. The summed E-state index contributed by atoms with van der Waals surface area (Å²) in [6, 6.07) is 5.19. The van der Waals surface area contributed by atoms with Crippen LogP contribution >= 0.6 is 27.5 Å². The van der Waals surface area contributed by atoms with Gasteiger partial charge in [-0.15, -0.1) is 0 Å². The second kappa shape index (κ2) is 6.69. The zero-order valence-corrected chi connectivity index (χ0v) is 13.6. The number of carbonyl (C=O) groups is 1. The van der Waals surface area contributed by atoms with Crippen LogP contribution in [-0.2, 0) is 11.2 Å². The first-order valence-corrected chi connectivity index (χ1v) is 7.98. The van der Waals surface area contributed by atoms with E-state index in [1.165, 1.54) is 0 Å². The molecule has 1 aromatic rings. The van der Waals surface area contributed by atoms with E-state index in [0.29, 0.717) is 23.4 Å². The van der Waals surface area contributed by atoms with Crippen LogP contribution in [-0.4, -0.2) is 12.0 Å². The third kappa shape index (κ3) is 4.46. The van der Waals surface area contributed by atoms with E-state index in [4.69, 9.17) is 11.6 Å². The first-order chi connectivity index (χ1) is 9.77. The molecule has 21 heavy (non-hydrogen) atoms. The molecule has 0 saturated heterocycles. The van der Waals surface area contributed by atoms with Gasteiger partial charge >= 0.3 is 6.18 Å². The van der Waals surface area contributed by atoms with Crippen molar-refractivity contribution in [3.63, 3.8) is 0 Å². The highest BCUT2D eigenvalue weighted by molar-refractivity contribution is 9.10. The molecule has 1 aliphatic rings. The Balaban J connectivity index is 2.03. The first-order valence-electron chi connectivity index (χ1n) is 6.80. The fourth-order valence-electron chi connectivity index (χ4n) is 2.78. The number of benzene rings is 1. The number of halogens is 5. The predicted octanol–water partition coefficient (Wildman–Crippen LogP) is 5.58. The molecule has 1 saturated carbocycles. The van der Waals surface area contributed by atoms with Crippen LogP contribution in [0.4, 0.5) is 13.2 Å². The molecule has 0 radical (unpaired) electrons. The first kappa shape index (κ1) is 16.8. The highest BCUT2D eigenvalue weighted by Crippen LogP contribution is 2.40. The SMILES string of the molecule is O=C(Cc1ccc(Br)cc1Cl)C1CCCC(C(F)(F)F)C1. The number of carbonyl (C=O) groups excluding carboxylic acids is 1. The molecule has 1 nitrogen and oxygen atoms in total. The van der Waals surface area contributed by atoms with Gasteiger partial charge < -0.3 is 0 Å². The number of hydrogen-bond acceptors (Lipinski definition) is 1. The minimum absolute atomic E-state index is 0.0868. The highest BCUT2D eigenvalue weighted by Gasteiger charge is 2.43. The molecule has 0 bridgehead atoms. The van der Waals surface area contributed by atoms with E-state index < -0.39 is 18.0 Å². The van der Waals surface area contributed by atoms with E-state index in [1.54, 1.807) is 18.2 Å². The van der Waals surface area contributed by atoms with E-state index in [-0.39, 0.29) is 25.0 Å². The fourth-order valence-corrected chi connectivity index (χ4v) is 3.52. The molecule has 0 aliphatic heterocycles. The lowest BCUT2D eigenvalue weighted by atomic mass is 9.78. The molecule has 0 spiro atoms. The summed E-state index contributed by atoms with van der Waals surface area (Å²) in [6.07, 6.45) is -3.06. The normalized spacial score (nSPS) is 23.1. The summed E-state index contributed by atoms with van der Waals surface area (Å²) in [4.78, 5) is 12.2. The molecule has 2 atom stereocenters. The van der Waals surface area contributed by atoms with Gasteiger partial charge in [0.15, 0.2) is 0 Å². The smallest absolute Gasteiger partial charge is 0.299 e. The van der Waals surface area contributed by atoms with Crippen molar-refractivity contribution in [2.24, 2.45) is 11.8 Å². The van der Waals surface area contributed by atoms with Crippen molar-refractivity contribution in [1.29, 1.82) is 0 Å². The Morgan fingerprint density at radius 2 is 2.05 bits per heavy atom. The Labute approximate surface area is 135 Å². The van der Waals surface area contributed by atoms with Crippen molar-refractivity contribution in [2.45, 2.75) is 38.3 Å². The maximum atomic E-state index is 12.8. The third-order valence-corrected chi connectivity index (χ3v) is 4.82. The fraction of sp³-hybridized carbons (Fsp3) is 0.533. The molecule has 0 heterocycles. The summed E-state index contributed by atoms with van der Waals surface area (Å²) < 4.78 is 39.1. The number of Topliss-reactive ketones (excluding diaryl/α,β-unsaturated/α-hetero) is 1. The van der Waals surface area contributed by atoms with Crippen LogP contribution in [0, 0.1) is 11.8 Å². The van der Waals surface area contributed by atoms with Gasteiger partial charge in [-0.1, -0.05) is 40.0 Å². The Hall–Kier alpha value is -0.550. The van der Waals surface area contributed by atoms with E-state index in [0.717, 1.165) is 4.47 Å². The van der Waals surface area contributed by atoms with E-state index in [2.05, 4.69) is 15.9 Å². The number of ketones is 1. The summed E-state index contributed by atoms with van der Waals surface area (Å²) in [5.74, 6) is -2.00. The van der Waals surface area contributed by atoms with Gasteiger partial charge in [-0.2, -0.15) is 13.2 Å². The second-order valence-electron chi connectivity index (χ2n) is 5.48. The van der Waals surface area contributed by atoms with Gasteiger partial charge in [-0.25, -0.2) is 0 Å². The maximum Gasteiger partial charge on any atom is 0.391 e. The Morgan fingerprint density at radius 3 is 2.67 bits per heavy atom. The molecule has 2 unspecified atom stereocenters. The molecule has 116 valence electrons. The monoisotopic (exact) mass is 382 g/mol. The second-order valence-corrected chi connectivity index (χ2v) is 6.80. The number of rotatable bonds is 3. The highest BCUT2D eigenvalue weighted by atomic mass is 79.9. The molecule has 0 aromatic heterocycles. The lowest BCUT2D eigenvalue weighted by Crippen LogP contribution is -2.32. The van der Waals surface area contributed by atoms with Crippen molar-refractivity contribution >= 4 is 33.3 Å². The van der Waals surface area contributed by atoms with Crippen LogP contribution in [0.1, 0.15) is 31.2 Å². The van der Waals surface area contributed by atoms with Crippen LogP contribution in [0.15, 0.2) is 22.7 Å². The molecule has 6 heteroatoms. The maximum absolute atomic E-state index is 12.8. The minimum atomic E-state index is -4.20.